The lowest BCUT2D eigenvalue weighted by Crippen LogP contribution is -2.40. The maximum Gasteiger partial charge on any atom is 0.287 e. The van der Waals surface area contributed by atoms with Crippen LogP contribution in [0.5, 0.6) is 0 Å². The van der Waals surface area contributed by atoms with Crippen LogP contribution in [0.1, 0.15) is 29.9 Å². The molecule has 0 atom stereocenters. The van der Waals surface area contributed by atoms with E-state index < -0.39 is 28.8 Å². The molecule has 218 valence electrons. The highest BCUT2D eigenvalue weighted by molar-refractivity contribution is 7.20. The number of benzene rings is 2. The number of rotatable bonds is 7. The minimum atomic E-state index is -0.996. The predicted molar refractivity (Wildman–Crippen MR) is 165 cm³/mol. The molecule has 0 saturated carbocycles. The van der Waals surface area contributed by atoms with Crippen LogP contribution in [0.15, 0.2) is 76.4 Å². The van der Waals surface area contributed by atoms with E-state index in [-0.39, 0.29) is 16.9 Å². The summed E-state index contributed by atoms with van der Waals surface area (Å²) in [5, 5.41) is 12.9. The standard InChI is InChI=1S/C31H32F2N6O2S/c1-5-18(2)23(15-20-17-38(3)12-13-39(20)4)34-25-16-24(36-37-30(25)40)21-10-11-22(32)29(28(21)33)35-31(41)27-14-19-8-6-7-9-26(19)42-27/h6-11,14-16H,5,12-13,17H2,1-4H3,(H,34,36)(H,35,41)(H,37,40)/b20-15-,23-18?. The number of likely N-dealkylation sites (N-methyl/N-ethyl adjacent to an activating group) is 2. The van der Waals surface area contributed by atoms with Crippen molar-refractivity contribution < 1.29 is 13.6 Å². The van der Waals surface area contributed by atoms with E-state index in [1.54, 1.807) is 6.07 Å². The lowest BCUT2D eigenvalue weighted by atomic mass is 10.1. The van der Waals surface area contributed by atoms with Crippen LogP contribution in [0.4, 0.5) is 20.2 Å². The summed E-state index contributed by atoms with van der Waals surface area (Å²) in [7, 11) is 4.09. The Balaban J connectivity index is 1.46. The topological polar surface area (TPSA) is 93.4 Å². The summed E-state index contributed by atoms with van der Waals surface area (Å²) in [6.45, 7) is 6.60. The average molecular weight is 591 g/mol. The Labute approximate surface area is 246 Å². The number of aromatic nitrogens is 2. The molecule has 1 fully saturated rings. The number of allylic oxidation sites excluding steroid dienone is 2. The van der Waals surface area contributed by atoms with E-state index >= 15 is 4.39 Å². The largest absolute Gasteiger partial charge is 0.375 e. The van der Waals surface area contributed by atoms with Gasteiger partial charge in [-0.3, -0.25) is 14.5 Å². The van der Waals surface area contributed by atoms with Crippen LogP contribution in [-0.2, 0) is 0 Å². The van der Waals surface area contributed by atoms with Crippen LogP contribution in [0.2, 0.25) is 0 Å². The summed E-state index contributed by atoms with van der Waals surface area (Å²) in [6.07, 6.45) is 2.77. The molecule has 3 heterocycles. The molecule has 0 bridgehead atoms. The number of anilines is 2. The number of hydrogen-bond acceptors (Lipinski definition) is 7. The van der Waals surface area contributed by atoms with Gasteiger partial charge in [-0.15, -0.1) is 11.3 Å². The molecular weight excluding hydrogens is 558 g/mol. The molecule has 2 aromatic carbocycles. The van der Waals surface area contributed by atoms with Crippen LogP contribution in [0.3, 0.4) is 0 Å². The molecule has 8 nitrogen and oxygen atoms in total. The second-order valence-corrected chi connectivity index (χ2v) is 11.4. The van der Waals surface area contributed by atoms with Gasteiger partial charge in [-0.1, -0.05) is 30.7 Å². The third-order valence-electron chi connectivity index (χ3n) is 7.37. The number of carbonyl (C=O) groups excluding carboxylic acids is 1. The highest BCUT2D eigenvalue weighted by Gasteiger charge is 2.21. The van der Waals surface area contributed by atoms with E-state index in [1.165, 1.54) is 23.5 Å². The van der Waals surface area contributed by atoms with Crippen molar-refractivity contribution in [3.05, 3.63) is 98.4 Å². The minimum absolute atomic E-state index is 0.0719. The smallest absolute Gasteiger partial charge is 0.287 e. The van der Waals surface area contributed by atoms with Crippen molar-refractivity contribution in [2.24, 2.45) is 0 Å². The van der Waals surface area contributed by atoms with Crippen molar-refractivity contribution in [3.63, 3.8) is 0 Å². The number of amides is 1. The van der Waals surface area contributed by atoms with Crippen LogP contribution in [-0.4, -0.2) is 59.6 Å². The molecular formula is C31H32F2N6O2S. The van der Waals surface area contributed by atoms with Gasteiger partial charge >= 0.3 is 0 Å². The average Bonchev–Trinajstić information content (AvgIpc) is 3.42. The van der Waals surface area contributed by atoms with Gasteiger partial charge in [0.2, 0.25) is 0 Å². The van der Waals surface area contributed by atoms with E-state index in [9.17, 15) is 14.0 Å². The fraction of sp³-hybridized carbons (Fsp3) is 0.258. The summed E-state index contributed by atoms with van der Waals surface area (Å²) < 4.78 is 31.4. The number of H-pyrrole nitrogens is 1. The van der Waals surface area contributed by atoms with Crippen molar-refractivity contribution in [2.45, 2.75) is 20.3 Å². The van der Waals surface area contributed by atoms with E-state index in [2.05, 4.69) is 37.7 Å². The zero-order chi connectivity index (χ0) is 30.0. The summed E-state index contributed by atoms with van der Waals surface area (Å²) in [6, 6.07) is 12.8. The van der Waals surface area contributed by atoms with Gasteiger partial charge in [-0.2, -0.15) is 5.10 Å². The van der Waals surface area contributed by atoms with E-state index in [0.29, 0.717) is 4.88 Å². The number of thiophene rings is 1. The van der Waals surface area contributed by atoms with Gasteiger partial charge in [-0.05, 0) is 62.2 Å². The molecule has 5 rings (SSSR count). The number of nitrogens with zero attached hydrogens (tertiary/aromatic N) is 3. The molecule has 1 saturated heterocycles. The summed E-state index contributed by atoms with van der Waals surface area (Å²) in [5.74, 6) is -2.55. The molecule has 1 aliphatic heterocycles. The lowest BCUT2D eigenvalue weighted by molar-refractivity contribution is 0.102. The molecule has 0 radical (unpaired) electrons. The summed E-state index contributed by atoms with van der Waals surface area (Å²) >= 11 is 1.23. The number of aromatic amines is 1. The van der Waals surface area contributed by atoms with Crippen LogP contribution < -0.4 is 16.2 Å². The number of fused-ring (bicyclic) bond motifs is 1. The van der Waals surface area contributed by atoms with Crippen molar-refractivity contribution in [1.29, 1.82) is 0 Å². The molecule has 1 amide bonds. The fourth-order valence-electron chi connectivity index (χ4n) is 4.64. The zero-order valence-corrected chi connectivity index (χ0v) is 24.7. The molecule has 3 N–H and O–H groups in total. The minimum Gasteiger partial charge on any atom is -0.375 e. The quantitative estimate of drug-likeness (QED) is 0.243. The van der Waals surface area contributed by atoms with Crippen molar-refractivity contribution in [1.82, 2.24) is 20.0 Å². The van der Waals surface area contributed by atoms with Gasteiger partial charge in [0, 0.05) is 48.3 Å². The number of nitrogens with one attached hydrogen (secondary N) is 3. The maximum absolute atomic E-state index is 15.7. The van der Waals surface area contributed by atoms with Crippen molar-refractivity contribution in [3.8, 4) is 11.3 Å². The fourth-order valence-corrected chi connectivity index (χ4v) is 5.59. The molecule has 4 aromatic rings. The SMILES string of the molecule is CCC(C)=C(/C=C1/CN(C)CCN1C)Nc1cc(-c2ccc(F)c(NC(=O)c3cc4ccccc4s3)c2F)n[nH]c1=O. The first-order chi connectivity index (χ1) is 20.1. The lowest BCUT2D eigenvalue weighted by Gasteiger charge is -2.34. The van der Waals surface area contributed by atoms with Crippen LogP contribution in [0, 0.1) is 11.6 Å². The predicted octanol–water partition coefficient (Wildman–Crippen LogP) is 6.04. The second kappa shape index (κ2) is 12.3. The van der Waals surface area contributed by atoms with Gasteiger partial charge in [0.05, 0.1) is 10.6 Å². The number of hydrogen-bond donors (Lipinski definition) is 3. The van der Waals surface area contributed by atoms with Gasteiger partial charge in [0.15, 0.2) is 5.82 Å². The Morgan fingerprint density at radius 2 is 1.90 bits per heavy atom. The normalized spacial score (nSPS) is 15.7. The molecule has 42 heavy (non-hydrogen) atoms. The Morgan fingerprint density at radius 1 is 1.12 bits per heavy atom. The molecule has 0 unspecified atom stereocenters. The molecule has 0 spiro atoms. The van der Waals surface area contributed by atoms with Gasteiger partial charge in [-0.25, -0.2) is 13.9 Å². The Bertz CT molecular complexity index is 1740. The van der Waals surface area contributed by atoms with Crippen LogP contribution in [0.25, 0.3) is 21.3 Å². The van der Waals surface area contributed by atoms with Gasteiger partial charge in [0.1, 0.15) is 17.2 Å². The maximum atomic E-state index is 15.7. The number of carbonyl (C=O) groups is 1. The summed E-state index contributed by atoms with van der Waals surface area (Å²) in [5.41, 5.74) is 1.95. The summed E-state index contributed by atoms with van der Waals surface area (Å²) in [4.78, 5) is 30.4. The highest BCUT2D eigenvalue weighted by Crippen LogP contribution is 2.31. The van der Waals surface area contributed by atoms with Gasteiger partial charge < -0.3 is 15.5 Å². The monoisotopic (exact) mass is 590 g/mol. The Hall–Kier alpha value is -4.35. The molecule has 11 heteroatoms. The first-order valence-electron chi connectivity index (χ1n) is 13.6. The first kappa shape index (κ1) is 29.2. The Morgan fingerprint density at radius 3 is 2.67 bits per heavy atom. The van der Waals surface area contributed by atoms with Crippen LogP contribution >= 0.6 is 11.3 Å². The second-order valence-electron chi connectivity index (χ2n) is 10.4. The zero-order valence-electron chi connectivity index (χ0n) is 23.8. The third kappa shape index (κ3) is 6.12. The van der Waals surface area contributed by atoms with E-state index in [0.717, 1.165) is 59.2 Å². The highest BCUT2D eigenvalue weighted by atomic mass is 32.1. The van der Waals surface area contributed by atoms with E-state index in [1.807, 2.05) is 51.2 Å². The molecule has 0 aliphatic carbocycles. The molecule has 1 aliphatic rings. The van der Waals surface area contributed by atoms with E-state index in [4.69, 9.17) is 0 Å². The number of piperazine rings is 1. The van der Waals surface area contributed by atoms with Crippen molar-refractivity contribution >= 4 is 38.7 Å². The molecule has 2 aromatic heterocycles. The number of halogens is 2. The van der Waals surface area contributed by atoms with Crippen molar-refractivity contribution in [2.75, 3.05) is 44.4 Å². The third-order valence-corrected chi connectivity index (χ3v) is 8.48. The Kier molecular flexibility index (Phi) is 8.51. The van der Waals surface area contributed by atoms with Gasteiger partial charge in [0.25, 0.3) is 11.5 Å². The first-order valence-corrected chi connectivity index (χ1v) is 14.4.